The molecule has 4 heteroatoms. The van der Waals surface area contributed by atoms with Crippen molar-refractivity contribution in [2.24, 2.45) is 0 Å². The summed E-state index contributed by atoms with van der Waals surface area (Å²) in [6.45, 7) is 0. The van der Waals surface area contributed by atoms with Gasteiger partial charge < -0.3 is 9.97 Å². The molecule has 2 N–H and O–H groups in total. The molecule has 0 atom stereocenters. The third kappa shape index (κ3) is 1.78. The van der Waals surface area contributed by atoms with Gasteiger partial charge in [-0.2, -0.15) is 0 Å². The van der Waals surface area contributed by atoms with Crippen molar-refractivity contribution in [3.05, 3.63) is 66.5 Å². The fourth-order valence-corrected chi connectivity index (χ4v) is 3.21. The zero-order valence-electron chi connectivity index (χ0n) is 12.1. The molecule has 0 aliphatic heterocycles. The van der Waals surface area contributed by atoms with Crippen LogP contribution in [0.1, 0.15) is 0 Å². The Kier molecular flexibility index (Phi) is 2.39. The first kappa shape index (κ1) is 12.4. The van der Waals surface area contributed by atoms with Crippen molar-refractivity contribution < 1.29 is 4.39 Å². The predicted molar refractivity (Wildman–Crippen MR) is 90.9 cm³/mol. The van der Waals surface area contributed by atoms with Gasteiger partial charge in [0.1, 0.15) is 11.6 Å². The molecule has 0 radical (unpaired) electrons. The van der Waals surface area contributed by atoms with Gasteiger partial charge >= 0.3 is 0 Å². The Bertz CT molecular complexity index is 1180. The number of imidazole rings is 1. The molecule has 23 heavy (non-hydrogen) atoms. The van der Waals surface area contributed by atoms with E-state index in [0.717, 1.165) is 38.7 Å². The van der Waals surface area contributed by atoms with E-state index in [1.165, 1.54) is 12.1 Å². The van der Waals surface area contributed by atoms with Crippen LogP contribution in [0.5, 0.6) is 0 Å². The first-order chi connectivity index (χ1) is 11.3. The van der Waals surface area contributed by atoms with Crippen molar-refractivity contribution in [1.29, 1.82) is 0 Å². The van der Waals surface area contributed by atoms with Crippen LogP contribution in [-0.4, -0.2) is 15.0 Å². The average molecular weight is 301 g/mol. The van der Waals surface area contributed by atoms with E-state index in [4.69, 9.17) is 0 Å². The van der Waals surface area contributed by atoms with Crippen LogP contribution in [-0.2, 0) is 0 Å². The second-order valence-corrected chi connectivity index (χ2v) is 5.65. The highest BCUT2D eigenvalue weighted by Gasteiger charge is 2.13. The molecule has 0 spiro atoms. The normalized spacial score (nSPS) is 11.7. The van der Waals surface area contributed by atoms with Crippen molar-refractivity contribution in [1.82, 2.24) is 15.0 Å². The van der Waals surface area contributed by atoms with Gasteiger partial charge in [-0.3, -0.25) is 0 Å². The molecule has 5 rings (SSSR count). The molecule has 0 aliphatic rings. The zero-order chi connectivity index (χ0) is 15.4. The number of hydrogen-bond donors (Lipinski definition) is 2. The summed E-state index contributed by atoms with van der Waals surface area (Å²) in [5.41, 5.74) is 4.64. The van der Waals surface area contributed by atoms with E-state index in [1.807, 2.05) is 24.3 Å². The van der Waals surface area contributed by atoms with Crippen LogP contribution >= 0.6 is 0 Å². The molecular formula is C19H12FN3. The van der Waals surface area contributed by atoms with Crippen LogP contribution in [0.2, 0.25) is 0 Å². The fourth-order valence-electron chi connectivity index (χ4n) is 3.21. The minimum absolute atomic E-state index is 0.266. The molecular weight excluding hydrogens is 289 g/mol. The summed E-state index contributed by atoms with van der Waals surface area (Å²) in [5, 5.41) is 2.28. The number of halogens is 1. The van der Waals surface area contributed by atoms with Crippen molar-refractivity contribution in [3.8, 4) is 11.4 Å². The fraction of sp³-hybridized carbons (Fsp3) is 0. The smallest absolute Gasteiger partial charge is 0.139 e. The van der Waals surface area contributed by atoms with Crippen LogP contribution in [0.25, 0.3) is 44.2 Å². The van der Waals surface area contributed by atoms with Crippen LogP contribution < -0.4 is 0 Å². The lowest BCUT2D eigenvalue weighted by molar-refractivity contribution is 0.629. The molecule has 0 saturated heterocycles. The topological polar surface area (TPSA) is 44.5 Å². The maximum atomic E-state index is 13.4. The van der Waals surface area contributed by atoms with Gasteiger partial charge in [0.05, 0.1) is 11.0 Å². The quantitative estimate of drug-likeness (QED) is 0.449. The number of hydrogen-bond acceptors (Lipinski definition) is 1. The highest BCUT2D eigenvalue weighted by atomic mass is 19.1. The van der Waals surface area contributed by atoms with Gasteiger partial charge in [0.25, 0.3) is 0 Å². The van der Waals surface area contributed by atoms with Crippen LogP contribution in [0, 0.1) is 5.82 Å². The Labute approximate surface area is 130 Å². The lowest BCUT2D eigenvalue weighted by Crippen LogP contribution is -1.81. The number of fused-ring (bicyclic) bond motifs is 4. The van der Waals surface area contributed by atoms with E-state index in [2.05, 4.69) is 33.2 Å². The second kappa shape index (κ2) is 4.43. The standard InChI is InChI=1S/C19H12FN3/c20-11-8-9-15-17(10-11)23-19(22-15)13-5-3-7-16-18(13)12-4-1-2-6-14(12)21-16/h1-10,21H,(H,22,23). The summed E-state index contributed by atoms with van der Waals surface area (Å²) in [6, 6.07) is 18.9. The lowest BCUT2D eigenvalue weighted by Gasteiger charge is -2.00. The zero-order valence-corrected chi connectivity index (χ0v) is 12.1. The molecule has 0 fully saturated rings. The molecule has 110 valence electrons. The average Bonchev–Trinajstić information content (AvgIpc) is 3.14. The number of aromatic amines is 2. The highest BCUT2D eigenvalue weighted by molar-refractivity contribution is 6.13. The lowest BCUT2D eigenvalue weighted by atomic mass is 10.1. The van der Waals surface area contributed by atoms with E-state index >= 15 is 0 Å². The number of benzene rings is 3. The van der Waals surface area contributed by atoms with Crippen molar-refractivity contribution in [2.75, 3.05) is 0 Å². The molecule has 5 aromatic rings. The number of rotatable bonds is 1. The summed E-state index contributed by atoms with van der Waals surface area (Å²) >= 11 is 0. The largest absolute Gasteiger partial charge is 0.354 e. The number of nitrogens with zero attached hydrogens (tertiary/aromatic N) is 1. The number of aromatic nitrogens is 3. The molecule has 2 heterocycles. The Morgan fingerprint density at radius 2 is 1.65 bits per heavy atom. The third-order valence-electron chi connectivity index (χ3n) is 4.23. The summed E-state index contributed by atoms with van der Waals surface area (Å²) in [4.78, 5) is 11.3. The number of para-hydroxylation sites is 1. The van der Waals surface area contributed by atoms with Crippen molar-refractivity contribution in [2.45, 2.75) is 0 Å². The van der Waals surface area contributed by atoms with E-state index in [0.29, 0.717) is 5.52 Å². The monoisotopic (exact) mass is 301 g/mol. The van der Waals surface area contributed by atoms with E-state index in [-0.39, 0.29) is 5.82 Å². The maximum absolute atomic E-state index is 13.4. The van der Waals surface area contributed by atoms with Gasteiger partial charge in [-0.25, -0.2) is 9.37 Å². The SMILES string of the molecule is Fc1ccc2nc(-c3cccc4[nH]c5ccccc5c34)[nH]c2c1. The Hall–Kier alpha value is -3.14. The predicted octanol–water partition coefficient (Wildman–Crippen LogP) is 5.00. The third-order valence-corrected chi connectivity index (χ3v) is 4.23. The van der Waals surface area contributed by atoms with Gasteiger partial charge in [0.15, 0.2) is 0 Å². The van der Waals surface area contributed by atoms with Gasteiger partial charge in [-0.05, 0) is 30.3 Å². The van der Waals surface area contributed by atoms with Crippen molar-refractivity contribution >= 4 is 32.8 Å². The first-order valence-electron chi connectivity index (χ1n) is 7.45. The van der Waals surface area contributed by atoms with Gasteiger partial charge in [0, 0.05) is 27.4 Å². The molecule has 0 bridgehead atoms. The molecule has 3 nitrogen and oxygen atoms in total. The minimum atomic E-state index is -0.266. The molecule has 0 aliphatic carbocycles. The van der Waals surface area contributed by atoms with Crippen LogP contribution in [0.4, 0.5) is 4.39 Å². The first-order valence-corrected chi connectivity index (χ1v) is 7.45. The molecule has 0 amide bonds. The summed E-state index contributed by atoms with van der Waals surface area (Å²) in [7, 11) is 0. The Morgan fingerprint density at radius 1 is 0.783 bits per heavy atom. The molecule has 0 unspecified atom stereocenters. The van der Waals surface area contributed by atoms with Crippen LogP contribution in [0.15, 0.2) is 60.7 Å². The van der Waals surface area contributed by atoms with E-state index in [9.17, 15) is 4.39 Å². The van der Waals surface area contributed by atoms with Gasteiger partial charge in [-0.15, -0.1) is 0 Å². The number of H-pyrrole nitrogens is 2. The highest BCUT2D eigenvalue weighted by Crippen LogP contribution is 2.33. The van der Waals surface area contributed by atoms with E-state index in [1.54, 1.807) is 6.07 Å². The summed E-state index contributed by atoms with van der Waals surface area (Å²) in [6.07, 6.45) is 0. The minimum Gasteiger partial charge on any atom is -0.354 e. The Balaban J connectivity index is 1.87. The summed E-state index contributed by atoms with van der Waals surface area (Å²) < 4.78 is 13.4. The molecule has 0 saturated carbocycles. The van der Waals surface area contributed by atoms with Gasteiger partial charge in [-0.1, -0.05) is 30.3 Å². The van der Waals surface area contributed by atoms with Crippen LogP contribution in [0.3, 0.4) is 0 Å². The second-order valence-electron chi connectivity index (χ2n) is 5.65. The van der Waals surface area contributed by atoms with Gasteiger partial charge in [0.2, 0.25) is 0 Å². The molecule has 2 aromatic heterocycles. The Morgan fingerprint density at radius 3 is 2.61 bits per heavy atom. The maximum Gasteiger partial charge on any atom is 0.139 e. The molecule has 3 aromatic carbocycles. The summed E-state index contributed by atoms with van der Waals surface area (Å²) in [5.74, 6) is 0.485. The van der Waals surface area contributed by atoms with Crippen molar-refractivity contribution in [3.63, 3.8) is 0 Å². The van der Waals surface area contributed by atoms with E-state index < -0.39 is 0 Å². The number of nitrogens with one attached hydrogen (secondary N) is 2.